The van der Waals surface area contributed by atoms with Gasteiger partial charge in [0.15, 0.2) is 0 Å². The monoisotopic (exact) mass is 264 g/mol. The van der Waals surface area contributed by atoms with Crippen molar-refractivity contribution in [2.75, 3.05) is 19.8 Å². The van der Waals surface area contributed by atoms with Crippen LogP contribution in [0.2, 0.25) is 0 Å². The first-order valence-corrected chi connectivity index (χ1v) is 6.44. The second-order valence-electron chi connectivity index (χ2n) is 4.58. The zero-order valence-electron chi connectivity index (χ0n) is 11.4. The third-order valence-electron chi connectivity index (χ3n) is 3.03. The first-order chi connectivity index (χ1) is 9.08. The molecule has 1 aromatic carbocycles. The summed E-state index contributed by atoms with van der Waals surface area (Å²) in [6.45, 7) is 6.01. The molecule has 1 rings (SSSR count). The van der Waals surface area contributed by atoms with Gasteiger partial charge in [-0.25, -0.2) is 0 Å². The maximum absolute atomic E-state index is 10.9. The molecule has 0 aliphatic heterocycles. The maximum Gasteiger partial charge on any atom is 0.488 e. The molecule has 1 atom stereocenters. The molecule has 5 nitrogen and oxygen atoms in total. The number of amides is 1. The van der Waals surface area contributed by atoms with E-state index in [1.54, 1.807) is 17.0 Å². The van der Waals surface area contributed by atoms with E-state index >= 15 is 0 Å². The van der Waals surface area contributed by atoms with Crippen LogP contribution in [0.5, 0.6) is 0 Å². The Morgan fingerprint density at radius 1 is 1.37 bits per heavy atom. The number of carbonyl (C=O) groups is 1. The second kappa shape index (κ2) is 7.94. The molecule has 0 heterocycles. The van der Waals surface area contributed by atoms with Crippen molar-refractivity contribution in [2.24, 2.45) is 0 Å². The van der Waals surface area contributed by atoms with Crippen LogP contribution in [0.3, 0.4) is 0 Å². The minimum absolute atomic E-state index is 0.189. The van der Waals surface area contributed by atoms with E-state index in [9.17, 15) is 4.79 Å². The van der Waals surface area contributed by atoms with Crippen molar-refractivity contribution in [1.29, 1.82) is 0 Å². The van der Waals surface area contributed by atoms with Crippen LogP contribution in [0, 0.1) is 0 Å². The quantitative estimate of drug-likeness (QED) is 0.336. The molecule has 1 aromatic rings. The third kappa shape index (κ3) is 5.02. The van der Waals surface area contributed by atoms with Gasteiger partial charge in [-0.15, -0.1) is 0 Å². The highest BCUT2D eigenvalue weighted by Crippen LogP contribution is 2.14. The smallest absolute Gasteiger partial charge is 0.423 e. The Kier molecular flexibility index (Phi) is 6.55. The molecule has 3 N–H and O–H groups in total. The second-order valence-corrected chi connectivity index (χ2v) is 4.58. The van der Waals surface area contributed by atoms with Crippen LogP contribution in [0.25, 0.3) is 0 Å². The Hall–Kier alpha value is -1.37. The van der Waals surface area contributed by atoms with E-state index in [4.69, 9.17) is 10.0 Å². The zero-order chi connectivity index (χ0) is 14.3. The molecule has 0 radical (unpaired) electrons. The first kappa shape index (κ1) is 15.7. The lowest BCUT2D eigenvalue weighted by Crippen LogP contribution is -2.35. The van der Waals surface area contributed by atoms with Crippen molar-refractivity contribution in [3.63, 3.8) is 0 Å². The lowest BCUT2D eigenvalue weighted by Gasteiger charge is -2.22. The van der Waals surface area contributed by atoms with Crippen molar-refractivity contribution in [1.82, 2.24) is 10.2 Å². The van der Waals surface area contributed by atoms with Gasteiger partial charge in [0.05, 0.1) is 6.67 Å². The molecule has 0 saturated heterocycles. The van der Waals surface area contributed by atoms with Crippen molar-refractivity contribution >= 4 is 19.0 Å². The van der Waals surface area contributed by atoms with E-state index in [0.717, 1.165) is 18.5 Å². The van der Waals surface area contributed by atoms with Crippen molar-refractivity contribution in [3.8, 4) is 0 Å². The maximum atomic E-state index is 10.9. The van der Waals surface area contributed by atoms with Crippen LogP contribution in [-0.4, -0.2) is 48.2 Å². The fourth-order valence-corrected chi connectivity index (χ4v) is 1.85. The predicted octanol–water partition coefficient (Wildman–Crippen LogP) is -0.505. The van der Waals surface area contributed by atoms with Gasteiger partial charge in [0, 0.05) is 6.54 Å². The van der Waals surface area contributed by atoms with E-state index in [-0.39, 0.29) is 5.92 Å². The summed E-state index contributed by atoms with van der Waals surface area (Å²) in [5.41, 5.74) is 1.53. The van der Waals surface area contributed by atoms with Gasteiger partial charge in [-0.1, -0.05) is 38.1 Å². The number of carbonyl (C=O) groups excluding carboxylic acids is 1. The molecule has 0 bridgehead atoms. The van der Waals surface area contributed by atoms with Gasteiger partial charge in [-0.3, -0.25) is 4.79 Å². The molecule has 0 saturated carbocycles. The highest BCUT2D eigenvalue weighted by Gasteiger charge is 2.13. The molecule has 104 valence electrons. The Labute approximate surface area is 114 Å². The number of benzene rings is 1. The summed E-state index contributed by atoms with van der Waals surface area (Å²) in [7, 11) is -1.44. The minimum atomic E-state index is -1.44. The number of nitrogens with zero attached hydrogens (tertiary/aromatic N) is 1. The van der Waals surface area contributed by atoms with Gasteiger partial charge in [-0.05, 0) is 23.5 Å². The van der Waals surface area contributed by atoms with Crippen molar-refractivity contribution in [2.45, 2.75) is 19.8 Å². The molecular formula is C13H21BN2O3. The van der Waals surface area contributed by atoms with Gasteiger partial charge in [0.1, 0.15) is 0 Å². The van der Waals surface area contributed by atoms with Crippen molar-refractivity contribution < 1.29 is 14.8 Å². The molecule has 0 spiro atoms. The standard InChI is InChI=1S/C13H21BN2O3/c1-3-15-9-16(10-17)8-11(2)12-4-6-13(7-5-12)14(18)19/h4-7,10-11,15,18-19H,3,8-9H2,1-2H3. The van der Waals surface area contributed by atoms with Gasteiger partial charge < -0.3 is 20.3 Å². The lowest BCUT2D eigenvalue weighted by atomic mass is 9.79. The molecule has 6 heteroatoms. The summed E-state index contributed by atoms with van der Waals surface area (Å²) >= 11 is 0. The molecule has 1 amide bonds. The van der Waals surface area contributed by atoms with Gasteiger partial charge in [0.2, 0.25) is 6.41 Å². The molecule has 19 heavy (non-hydrogen) atoms. The third-order valence-corrected chi connectivity index (χ3v) is 3.03. The highest BCUT2D eigenvalue weighted by molar-refractivity contribution is 6.58. The normalized spacial score (nSPS) is 12.0. The minimum Gasteiger partial charge on any atom is -0.423 e. The number of hydrogen-bond acceptors (Lipinski definition) is 4. The van der Waals surface area contributed by atoms with E-state index in [0.29, 0.717) is 18.7 Å². The Morgan fingerprint density at radius 3 is 2.47 bits per heavy atom. The summed E-state index contributed by atoms with van der Waals surface area (Å²) in [6.07, 6.45) is 0.838. The van der Waals surface area contributed by atoms with Crippen LogP contribution in [0.4, 0.5) is 0 Å². The van der Waals surface area contributed by atoms with Gasteiger partial charge in [0.25, 0.3) is 0 Å². The SMILES string of the molecule is CCNCN(C=O)CC(C)c1ccc(B(O)O)cc1. The molecule has 0 aliphatic rings. The van der Waals surface area contributed by atoms with E-state index in [1.165, 1.54) is 0 Å². The zero-order valence-corrected chi connectivity index (χ0v) is 11.4. The average Bonchev–Trinajstić information content (AvgIpc) is 2.43. The fraction of sp³-hybridized carbons (Fsp3) is 0.462. The molecular weight excluding hydrogens is 243 g/mol. The Bertz CT molecular complexity index is 384. The Balaban J connectivity index is 2.60. The lowest BCUT2D eigenvalue weighted by molar-refractivity contribution is -0.118. The number of hydrogen-bond donors (Lipinski definition) is 3. The highest BCUT2D eigenvalue weighted by atomic mass is 16.4. The van der Waals surface area contributed by atoms with E-state index < -0.39 is 7.12 Å². The molecule has 0 aliphatic carbocycles. The van der Waals surface area contributed by atoms with E-state index in [2.05, 4.69) is 5.32 Å². The van der Waals surface area contributed by atoms with Crippen LogP contribution in [0.1, 0.15) is 25.3 Å². The van der Waals surface area contributed by atoms with Crippen molar-refractivity contribution in [3.05, 3.63) is 29.8 Å². The number of nitrogens with one attached hydrogen (secondary N) is 1. The summed E-state index contributed by atoms with van der Waals surface area (Å²) < 4.78 is 0. The van der Waals surface area contributed by atoms with Gasteiger partial charge >= 0.3 is 7.12 Å². The fourth-order valence-electron chi connectivity index (χ4n) is 1.85. The molecule has 1 unspecified atom stereocenters. The average molecular weight is 264 g/mol. The molecule has 0 fully saturated rings. The predicted molar refractivity (Wildman–Crippen MR) is 76.0 cm³/mol. The summed E-state index contributed by atoms with van der Waals surface area (Å²) in [6, 6.07) is 7.09. The molecule has 0 aromatic heterocycles. The summed E-state index contributed by atoms with van der Waals surface area (Å²) in [5.74, 6) is 0.189. The van der Waals surface area contributed by atoms with Crippen LogP contribution >= 0.6 is 0 Å². The summed E-state index contributed by atoms with van der Waals surface area (Å²) in [5, 5.41) is 21.2. The topological polar surface area (TPSA) is 72.8 Å². The first-order valence-electron chi connectivity index (χ1n) is 6.44. The van der Waals surface area contributed by atoms with Gasteiger partial charge in [-0.2, -0.15) is 0 Å². The summed E-state index contributed by atoms with van der Waals surface area (Å²) in [4.78, 5) is 12.6. The van der Waals surface area contributed by atoms with E-state index in [1.807, 2.05) is 26.0 Å². The largest absolute Gasteiger partial charge is 0.488 e. The Morgan fingerprint density at radius 2 is 2.00 bits per heavy atom. The number of rotatable bonds is 8. The van der Waals surface area contributed by atoms with Crippen LogP contribution < -0.4 is 10.8 Å². The van der Waals surface area contributed by atoms with Crippen LogP contribution in [-0.2, 0) is 4.79 Å². The van der Waals surface area contributed by atoms with Crippen LogP contribution in [0.15, 0.2) is 24.3 Å².